The second-order valence-electron chi connectivity index (χ2n) is 3.87. The van der Waals surface area contributed by atoms with E-state index in [0.717, 1.165) is 25.7 Å². The van der Waals surface area contributed by atoms with Crippen molar-refractivity contribution in [2.24, 2.45) is 0 Å². The topological polar surface area (TPSA) is 17.1 Å². The van der Waals surface area contributed by atoms with Crippen molar-refractivity contribution >= 4 is 28.5 Å². The van der Waals surface area contributed by atoms with Gasteiger partial charge in [0.15, 0.2) is 5.12 Å². The van der Waals surface area contributed by atoms with Crippen LogP contribution in [0.25, 0.3) is 0 Å². The molecule has 1 nitrogen and oxygen atoms in total. The minimum atomic E-state index is -3.23. The molecule has 0 aromatic carbocycles. The standard InChI is InChI=1S/C10H15ClF2OS/c11-10(12,13)7-6-9(14)15-8-4-2-1-3-5-8/h8H,1-7H2. The van der Waals surface area contributed by atoms with Crippen molar-refractivity contribution in [2.45, 2.75) is 55.6 Å². The maximum absolute atomic E-state index is 12.3. The number of alkyl halides is 3. The summed E-state index contributed by atoms with van der Waals surface area (Å²) < 4.78 is 24.5. The van der Waals surface area contributed by atoms with Crippen molar-refractivity contribution in [3.8, 4) is 0 Å². The monoisotopic (exact) mass is 256 g/mol. The summed E-state index contributed by atoms with van der Waals surface area (Å²) in [5.74, 6) is 0. The van der Waals surface area contributed by atoms with Crippen LogP contribution in [0.3, 0.4) is 0 Å². The van der Waals surface area contributed by atoms with Crippen LogP contribution < -0.4 is 0 Å². The molecule has 0 N–H and O–H groups in total. The highest BCUT2D eigenvalue weighted by Gasteiger charge is 2.26. The Bertz CT molecular complexity index is 212. The maximum Gasteiger partial charge on any atom is 0.322 e. The summed E-state index contributed by atoms with van der Waals surface area (Å²) in [7, 11) is 0. The fourth-order valence-electron chi connectivity index (χ4n) is 1.67. The van der Waals surface area contributed by atoms with Gasteiger partial charge in [-0.05, 0) is 24.4 Å². The van der Waals surface area contributed by atoms with Gasteiger partial charge < -0.3 is 0 Å². The van der Waals surface area contributed by atoms with E-state index in [1.54, 1.807) is 0 Å². The largest absolute Gasteiger partial charge is 0.322 e. The molecular formula is C10H15ClF2OS. The summed E-state index contributed by atoms with van der Waals surface area (Å²) in [6.07, 6.45) is 4.92. The Kier molecular flexibility index (Phi) is 5.33. The SMILES string of the molecule is O=C(CCC(F)(F)Cl)SC1CCCCC1. The molecule has 88 valence electrons. The predicted octanol–water partition coefficient (Wildman–Crippen LogP) is 4.19. The molecule has 0 aliphatic heterocycles. The van der Waals surface area contributed by atoms with Crippen LogP contribution in [0.5, 0.6) is 0 Å². The molecule has 0 heterocycles. The lowest BCUT2D eigenvalue weighted by Gasteiger charge is -2.20. The summed E-state index contributed by atoms with van der Waals surface area (Å²) in [5, 5.41) is -3.04. The Morgan fingerprint density at radius 2 is 1.93 bits per heavy atom. The Labute approximate surface area is 97.9 Å². The first kappa shape index (κ1) is 13.2. The lowest BCUT2D eigenvalue weighted by molar-refractivity contribution is -0.112. The molecule has 5 heteroatoms. The van der Waals surface area contributed by atoms with E-state index in [1.165, 1.54) is 18.2 Å². The van der Waals surface area contributed by atoms with Crippen LogP contribution in [0, 0.1) is 0 Å². The van der Waals surface area contributed by atoms with Gasteiger partial charge in [0.25, 0.3) is 0 Å². The molecular weight excluding hydrogens is 242 g/mol. The second kappa shape index (κ2) is 6.04. The number of carbonyl (C=O) groups excluding carboxylic acids is 1. The van der Waals surface area contributed by atoms with Crippen molar-refractivity contribution in [1.29, 1.82) is 0 Å². The number of hydrogen-bond donors (Lipinski definition) is 0. The fourth-order valence-corrected chi connectivity index (χ4v) is 2.93. The van der Waals surface area contributed by atoms with E-state index in [4.69, 9.17) is 11.6 Å². The van der Waals surface area contributed by atoms with Crippen molar-refractivity contribution in [3.05, 3.63) is 0 Å². The van der Waals surface area contributed by atoms with Crippen LogP contribution in [0.4, 0.5) is 8.78 Å². The Morgan fingerprint density at radius 3 is 2.47 bits per heavy atom. The molecule has 0 spiro atoms. The molecule has 0 saturated heterocycles. The molecule has 1 aliphatic carbocycles. The van der Waals surface area contributed by atoms with Gasteiger partial charge in [-0.15, -0.1) is 0 Å². The van der Waals surface area contributed by atoms with Gasteiger partial charge in [-0.25, -0.2) is 0 Å². The normalized spacial score (nSPS) is 19.1. The van der Waals surface area contributed by atoms with Crippen LogP contribution >= 0.6 is 23.4 Å². The molecule has 0 aromatic rings. The van der Waals surface area contributed by atoms with Crippen molar-refractivity contribution < 1.29 is 13.6 Å². The highest BCUT2D eigenvalue weighted by molar-refractivity contribution is 8.14. The van der Waals surface area contributed by atoms with E-state index in [0.29, 0.717) is 5.25 Å². The molecule has 0 bridgehead atoms. The number of hydrogen-bond acceptors (Lipinski definition) is 2. The second-order valence-corrected chi connectivity index (χ2v) is 5.78. The van der Waals surface area contributed by atoms with Crippen molar-refractivity contribution in [1.82, 2.24) is 0 Å². The quantitative estimate of drug-likeness (QED) is 0.702. The minimum Gasteiger partial charge on any atom is -0.287 e. The molecule has 0 aromatic heterocycles. The molecule has 1 aliphatic rings. The number of thioether (sulfide) groups is 1. The van der Waals surface area contributed by atoms with E-state index in [2.05, 4.69) is 0 Å². The van der Waals surface area contributed by atoms with Crippen molar-refractivity contribution in [2.75, 3.05) is 0 Å². The van der Waals surface area contributed by atoms with E-state index in [9.17, 15) is 13.6 Å². The van der Waals surface area contributed by atoms with Gasteiger partial charge in [0.05, 0.1) is 0 Å². The third-order valence-electron chi connectivity index (χ3n) is 2.46. The van der Waals surface area contributed by atoms with E-state index in [-0.39, 0.29) is 11.5 Å². The van der Waals surface area contributed by atoms with Gasteiger partial charge >= 0.3 is 5.38 Å². The van der Waals surface area contributed by atoms with E-state index >= 15 is 0 Å². The molecule has 0 unspecified atom stereocenters. The molecule has 15 heavy (non-hydrogen) atoms. The third kappa shape index (κ3) is 6.36. The van der Waals surface area contributed by atoms with E-state index in [1.807, 2.05) is 0 Å². The number of rotatable bonds is 4. The molecule has 0 atom stereocenters. The zero-order chi connectivity index (χ0) is 11.3. The third-order valence-corrected chi connectivity index (χ3v) is 3.92. The van der Waals surface area contributed by atoms with Crippen LogP contribution in [-0.4, -0.2) is 15.7 Å². The van der Waals surface area contributed by atoms with Gasteiger partial charge in [0.1, 0.15) is 0 Å². The average Bonchev–Trinajstić information content (AvgIpc) is 2.15. The smallest absolute Gasteiger partial charge is 0.287 e. The molecule has 1 fully saturated rings. The summed E-state index contributed by atoms with van der Waals surface area (Å²) in [4.78, 5) is 11.3. The highest BCUT2D eigenvalue weighted by atomic mass is 35.5. The maximum atomic E-state index is 12.3. The number of halogens is 3. The van der Waals surface area contributed by atoms with Gasteiger partial charge in [0.2, 0.25) is 0 Å². The van der Waals surface area contributed by atoms with Crippen LogP contribution in [0.1, 0.15) is 44.9 Å². The summed E-state index contributed by atoms with van der Waals surface area (Å²) in [5.41, 5.74) is 0. The van der Waals surface area contributed by atoms with Gasteiger partial charge in [-0.3, -0.25) is 4.79 Å². The number of carbonyl (C=O) groups is 1. The zero-order valence-electron chi connectivity index (χ0n) is 8.48. The van der Waals surface area contributed by atoms with E-state index < -0.39 is 11.8 Å². The first-order valence-corrected chi connectivity index (χ1v) is 6.49. The van der Waals surface area contributed by atoms with Gasteiger partial charge in [-0.2, -0.15) is 8.78 Å². The van der Waals surface area contributed by atoms with Crippen molar-refractivity contribution in [3.63, 3.8) is 0 Å². The average molecular weight is 257 g/mol. The van der Waals surface area contributed by atoms with Crippen LogP contribution in [0.15, 0.2) is 0 Å². The lowest BCUT2D eigenvalue weighted by Crippen LogP contribution is -2.13. The Morgan fingerprint density at radius 1 is 1.33 bits per heavy atom. The van der Waals surface area contributed by atoms with Crippen LogP contribution in [-0.2, 0) is 4.79 Å². The molecule has 0 amide bonds. The molecule has 0 radical (unpaired) electrons. The first-order chi connectivity index (χ1) is 6.97. The highest BCUT2D eigenvalue weighted by Crippen LogP contribution is 2.31. The zero-order valence-corrected chi connectivity index (χ0v) is 10.0. The first-order valence-electron chi connectivity index (χ1n) is 5.23. The summed E-state index contributed by atoms with van der Waals surface area (Å²) >= 11 is 5.96. The molecule has 1 rings (SSSR count). The fraction of sp³-hybridized carbons (Fsp3) is 0.900. The lowest BCUT2D eigenvalue weighted by atomic mass is 10.0. The van der Waals surface area contributed by atoms with Gasteiger partial charge in [-0.1, -0.05) is 31.0 Å². The molecule has 1 saturated carbocycles. The predicted molar refractivity (Wildman–Crippen MR) is 59.5 cm³/mol. The minimum absolute atomic E-state index is 0.127. The van der Waals surface area contributed by atoms with Crippen LogP contribution in [0.2, 0.25) is 0 Å². The Balaban J connectivity index is 2.17. The summed E-state index contributed by atoms with van der Waals surface area (Å²) in [6.45, 7) is 0. The Hall–Kier alpha value is 0.170. The van der Waals surface area contributed by atoms with Gasteiger partial charge in [0, 0.05) is 18.1 Å². The summed E-state index contributed by atoms with van der Waals surface area (Å²) in [6, 6.07) is 0.